The summed E-state index contributed by atoms with van der Waals surface area (Å²) in [4.78, 5) is 4.37. The standard InChI is InChI=1S/C14H17N3O/c18-12-8-13(14-15-6-7-17(14)10-12)16-9-11-4-2-1-3-5-11/h1-7,12-13,16,18H,8-10H2/t12-,13+/m1/s1. The maximum absolute atomic E-state index is 9.85. The highest BCUT2D eigenvalue weighted by Gasteiger charge is 2.26. The molecule has 0 aliphatic carbocycles. The van der Waals surface area contributed by atoms with E-state index in [9.17, 15) is 5.11 Å². The van der Waals surface area contributed by atoms with Crippen LogP contribution in [0.2, 0.25) is 0 Å². The molecule has 2 heterocycles. The Morgan fingerprint density at radius 1 is 1.33 bits per heavy atom. The van der Waals surface area contributed by atoms with Crippen molar-refractivity contribution < 1.29 is 5.11 Å². The number of aliphatic hydroxyl groups excluding tert-OH is 1. The topological polar surface area (TPSA) is 50.1 Å². The molecular weight excluding hydrogens is 226 g/mol. The Kier molecular flexibility index (Phi) is 3.13. The molecule has 94 valence electrons. The molecule has 2 atom stereocenters. The summed E-state index contributed by atoms with van der Waals surface area (Å²) in [5, 5.41) is 13.3. The molecule has 0 spiro atoms. The third-order valence-electron chi connectivity index (χ3n) is 3.37. The van der Waals surface area contributed by atoms with Gasteiger partial charge in [-0.05, 0) is 12.0 Å². The molecule has 0 saturated carbocycles. The Balaban J connectivity index is 1.71. The second-order valence-electron chi connectivity index (χ2n) is 4.75. The van der Waals surface area contributed by atoms with Crippen molar-refractivity contribution in [2.75, 3.05) is 0 Å². The fourth-order valence-corrected chi connectivity index (χ4v) is 2.48. The summed E-state index contributed by atoms with van der Waals surface area (Å²) in [6.45, 7) is 1.45. The van der Waals surface area contributed by atoms with Crippen LogP contribution in [0.4, 0.5) is 0 Å². The summed E-state index contributed by atoms with van der Waals surface area (Å²) in [6, 6.07) is 10.4. The number of hydrogen-bond acceptors (Lipinski definition) is 3. The van der Waals surface area contributed by atoms with Crippen LogP contribution in [-0.2, 0) is 13.1 Å². The van der Waals surface area contributed by atoms with Crippen LogP contribution in [0.3, 0.4) is 0 Å². The van der Waals surface area contributed by atoms with Crippen LogP contribution in [0.25, 0.3) is 0 Å². The normalized spacial score (nSPS) is 22.7. The van der Waals surface area contributed by atoms with Gasteiger partial charge < -0.3 is 15.0 Å². The molecule has 4 nitrogen and oxygen atoms in total. The van der Waals surface area contributed by atoms with Crippen LogP contribution in [-0.4, -0.2) is 20.8 Å². The Labute approximate surface area is 106 Å². The minimum Gasteiger partial charge on any atom is -0.391 e. The third-order valence-corrected chi connectivity index (χ3v) is 3.37. The molecule has 3 rings (SSSR count). The van der Waals surface area contributed by atoms with Gasteiger partial charge in [-0.2, -0.15) is 0 Å². The smallest absolute Gasteiger partial charge is 0.126 e. The summed E-state index contributed by atoms with van der Waals surface area (Å²) >= 11 is 0. The molecular formula is C14H17N3O. The Bertz CT molecular complexity index is 509. The second-order valence-corrected chi connectivity index (χ2v) is 4.75. The Morgan fingerprint density at radius 2 is 2.17 bits per heavy atom. The highest BCUT2D eigenvalue weighted by atomic mass is 16.3. The van der Waals surface area contributed by atoms with Crippen molar-refractivity contribution in [3.05, 3.63) is 54.1 Å². The maximum atomic E-state index is 9.85. The van der Waals surface area contributed by atoms with Gasteiger partial charge in [0.25, 0.3) is 0 Å². The van der Waals surface area contributed by atoms with E-state index in [1.165, 1.54) is 5.56 Å². The lowest BCUT2D eigenvalue weighted by Gasteiger charge is -2.28. The first kappa shape index (κ1) is 11.4. The van der Waals surface area contributed by atoms with E-state index >= 15 is 0 Å². The zero-order chi connectivity index (χ0) is 12.4. The van der Waals surface area contributed by atoms with Crippen molar-refractivity contribution in [3.63, 3.8) is 0 Å². The molecule has 0 radical (unpaired) electrons. The molecule has 1 aliphatic rings. The average Bonchev–Trinajstić information content (AvgIpc) is 2.85. The van der Waals surface area contributed by atoms with Gasteiger partial charge in [-0.15, -0.1) is 0 Å². The minimum absolute atomic E-state index is 0.129. The summed E-state index contributed by atoms with van der Waals surface area (Å²) in [7, 11) is 0. The number of nitrogens with one attached hydrogen (secondary N) is 1. The highest BCUT2D eigenvalue weighted by Crippen LogP contribution is 2.23. The number of rotatable bonds is 3. The van der Waals surface area contributed by atoms with Gasteiger partial charge >= 0.3 is 0 Å². The zero-order valence-corrected chi connectivity index (χ0v) is 10.2. The number of benzene rings is 1. The average molecular weight is 243 g/mol. The van der Waals surface area contributed by atoms with Gasteiger partial charge in [-0.1, -0.05) is 30.3 Å². The summed E-state index contributed by atoms with van der Waals surface area (Å²) in [5.41, 5.74) is 1.25. The second kappa shape index (κ2) is 4.92. The molecule has 2 N–H and O–H groups in total. The molecule has 0 fully saturated rings. The predicted octanol–water partition coefficient (Wildman–Crippen LogP) is 1.48. The first-order valence-electron chi connectivity index (χ1n) is 6.29. The van der Waals surface area contributed by atoms with Crippen LogP contribution < -0.4 is 5.32 Å². The number of hydrogen-bond donors (Lipinski definition) is 2. The van der Waals surface area contributed by atoms with E-state index in [0.29, 0.717) is 6.54 Å². The van der Waals surface area contributed by atoms with E-state index < -0.39 is 0 Å². The molecule has 0 amide bonds. The van der Waals surface area contributed by atoms with Crippen LogP contribution in [0, 0.1) is 0 Å². The van der Waals surface area contributed by atoms with Crippen molar-refractivity contribution in [1.82, 2.24) is 14.9 Å². The summed E-state index contributed by atoms with van der Waals surface area (Å²) in [5.74, 6) is 1.02. The predicted molar refractivity (Wildman–Crippen MR) is 68.9 cm³/mol. The molecule has 1 aromatic carbocycles. The lowest BCUT2D eigenvalue weighted by Crippen LogP contribution is -2.34. The van der Waals surface area contributed by atoms with E-state index in [1.54, 1.807) is 6.20 Å². The molecule has 18 heavy (non-hydrogen) atoms. The number of nitrogens with zero attached hydrogens (tertiary/aromatic N) is 2. The lowest BCUT2D eigenvalue weighted by atomic mass is 10.0. The van der Waals surface area contributed by atoms with Crippen molar-refractivity contribution in [2.24, 2.45) is 0 Å². The number of imidazole rings is 1. The van der Waals surface area contributed by atoms with Gasteiger partial charge in [0.05, 0.1) is 12.1 Å². The zero-order valence-electron chi connectivity index (χ0n) is 10.2. The van der Waals surface area contributed by atoms with E-state index in [1.807, 2.05) is 29.0 Å². The molecule has 1 aromatic heterocycles. The molecule has 2 aromatic rings. The van der Waals surface area contributed by atoms with Crippen LogP contribution in [0.5, 0.6) is 0 Å². The maximum Gasteiger partial charge on any atom is 0.126 e. The van der Waals surface area contributed by atoms with Gasteiger partial charge in [0.15, 0.2) is 0 Å². The van der Waals surface area contributed by atoms with E-state index in [2.05, 4.69) is 22.4 Å². The van der Waals surface area contributed by atoms with Gasteiger partial charge in [-0.25, -0.2) is 4.98 Å². The highest BCUT2D eigenvalue weighted by molar-refractivity contribution is 5.15. The molecule has 0 unspecified atom stereocenters. The number of fused-ring (bicyclic) bond motifs is 1. The molecule has 1 aliphatic heterocycles. The summed E-state index contributed by atoms with van der Waals surface area (Å²) < 4.78 is 2.02. The molecule has 0 bridgehead atoms. The van der Waals surface area contributed by atoms with Crippen LogP contribution in [0.1, 0.15) is 23.9 Å². The quantitative estimate of drug-likeness (QED) is 0.858. The number of aromatic nitrogens is 2. The minimum atomic E-state index is -0.292. The monoisotopic (exact) mass is 243 g/mol. The Morgan fingerprint density at radius 3 is 3.00 bits per heavy atom. The van der Waals surface area contributed by atoms with Gasteiger partial charge in [0.2, 0.25) is 0 Å². The molecule has 0 saturated heterocycles. The van der Waals surface area contributed by atoms with Crippen LogP contribution in [0.15, 0.2) is 42.7 Å². The largest absolute Gasteiger partial charge is 0.391 e. The molecule has 4 heteroatoms. The van der Waals surface area contributed by atoms with Crippen molar-refractivity contribution >= 4 is 0 Å². The van der Waals surface area contributed by atoms with E-state index in [-0.39, 0.29) is 12.1 Å². The van der Waals surface area contributed by atoms with Crippen molar-refractivity contribution in [2.45, 2.75) is 31.7 Å². The Hall–Kier alpha value is -1.65. The van der Waals surface area contributed by atoms with Gasteiger partial charge in [-0.3, -0.25) is 0 Å². The lowest BCUT2D eigenvalue weighted by molar-refractivity contribution is 0.109. The fourth-order valence-electron chi connectivity index (χ4n) is 2.48. The van der Waals surface area contributed by atoms with Crippen molar-refractivity contribution in [1.29, 1.82) is 0 Å². The van der Waals surface area contributed by atoms with Gasteiger partial charge in [0, 0.05) is 25.5 Å². The first-order chi connectivity index (χ1) is 8.83. The first-order valence-corrected chi connectivity index (χ1v) is 6.29. The number of aliphatic hydroxyl groups is 1. The van der Waals surface area contributed by atoms with Crippen molar-refractivity contribution in [3.8, 4) is 0 Å². The third kappa shape index (κ3) is 2.30. The summed E-state index contributed by atoms with van der Waals surface area (Å²) in [6.07, 6.45) is 4.16. The van der Waals surface area contributed by atoms with E-state index in [0.717, 1.165) is 18.8 Å². The SMILES string of the molecule is O[C@@H]1C[C@H](NCc2ccccc2)c2nccn2C1. The van der Waals surface area contributed by atoms with Gasteiger partial charge in [0.1, 0.15) is 5.82 Å². The fraction of sp³-hybridized carbons (Fsp3) is 0.357. The van der Waals surface area contributed by atoms with E-state index in [4.69, 9.17) is 0 Å². The van der Waals surface area contributed by atoms with Crippen LogP contribution >= 0.6 is 0 Å².